The molecule has 0 bridgehead atoms. The number of hydrogen-bond donors (Lipinski definition) is 2. The molecular formula is C13H13N5O3. The molecule has 0 aliphatic heterocycles. The third-order valence-corrected chi connectivity index (χ3v) is 3.16. The smallest absolute Gasteiger partial charge is 0.276 e. The highest BCUT2D eigenvalue weighted by Crippen LogP contribution is 2.11. The first kappa shape index (κ1) is 13.1. The first-order chi connectivity index (χ1) is 10.1. The lowest BCUT2D eigenvalue weighted by Gasteiger charge is -2.05. The molecule has 0 saturated heterocycles. The molecule has 108 valence electrons. The minimum absolute atomic E-state index is 0.134. The lowest BCUT2D eigenvalue weighted by atomic mass is 10.2. The molecule has 0 aliphatic carbocycles. The molecular weight excluding hydrogens is 274 g/mol. The van der Waals surface area contributed by atoms with E-state index in [1.807, 2.05) is 12.3 Å². The zero-order valence-corrected chi connectivity index (χ0v) is 11.2. The van der Waals surface area contributed by atoms with Gasteiger partial charge < -0.3 is 8.98 Å². The molecule has 8 nitrogen and oxygen atoms in total. The van der Waals surface area contributed by atoms with Crippen LogP contribution in [0.25, 0.3) is 5.52 Å². The highest BCUT2D eigenvalue weighted by molar-refractivity contribution is 5.94. The fourth-order valence-corrected chi connectivity index (χ4v) is 2.17. The lowest BCUT2D eigenvalue weighted by Crippen LogP contribution is -2.31. The molecule has 21 heavy (non-hydrogen) atoms. The van der Waals surface area contributed by atoms with E-state index in [4.69, 9.17) is 10.3 Å². The molecule has 0 spiro atoms. The molecule has 0 saturated carbocycles. The van der Waals surface area contributed by atoms with Crippen molar-refractivity contribution in [2.75, 3.05) is 0 Å². The maximum absolute atomic E-state index is 12.4. The molecule has 0 aromatic carbocycles. The first-order valence-electron chi connectivity index (χ1n) is 6.23. The lowest BCUT2D eigenvalue weighted by molar-refractivity contribution is 0.0951. The van der Waals surface area contributed by atoms with Crippen molar-refractivity contribution < 1.29 is 9.21 Å². The summed E-state index contributed by atoms with van der Waals surface area (Å²) in [6.07, 6.45) is 4.65. The number of nitrogens with one attached hydrogen (secondary N) is 1. The average molecular weight is 287 g/mol. The maximum Gasteiger partial charge on any atom is 0.276 e. The third-order valence-electron chi connectivity index (χ3n) is 3.16. The molecule has 3 aromatic rings. The predicted molar refractivity (Wildman–Crippen MR) is 73.7 cm³/mol. The summed E-state index contributed by atoms with van der Waals surface area (Å²) in [5, 5.41) is 4.17. The van der Waals surface area contributed by atoms with Gasteiger partial charge in [-0.1, -0.05) is 0 Å². The van der Waals surface area contributed by atoms with Gasteiger partial charge in [0.25, 0.3) is 11.5 Å². The molecule has 1 amide bonds. The van der Waals surface area contributed by atoms with Crippen molar-refractivity contribution >= 4 is 11.4 Å². The van der Waals surface area contributed by atoms with Crippen molar-refractivity contribution in [3.05, 3.63) is 58.2 Å². The second-order valence-corrected chi connectivity index (χ2v) is 4.58. The van der Waals surface area contributed by atoms with E-state index in [0.717, 1.165) is 5.69 Å². The van der Waals surface area contributed by atoms with Crippen LogP contribution in [0.1, 0.15) is 21.8 Å². The van der Waals surface area contributed by atoms with Crippen LogP contribution in [0.4, 0.5) is 0 Å². The van der Waals surface area contributed by atoms with Gasteiger partial charge in [0.1, 0.15) is 11.3 Å². The van der Waals surface area contributed by atoms with Crippen molar-refractivity contribution in [2.24, 2.45) is 5.84 Å². The van der Waals surface area contributed by atoms with Gasteiger partial charge in [0, 0.05) is 12.4 Å². The molecule has 8 heteroatoms. The largest absolute Gasteiger partial charge is 0.467 e. The Bertz CT molecular complexity index is 873. The van der Waals surface area contributed by atoms with Gasteiger partial charge >= 0.3 is 0 Å². The summed E-state index contributed by atoms with van der Waals surface area (Å²) in [4.78, 5) is 23.9. The Hall–Kier alpha value is -2.87. The van der Waals surface area contributed by atoms with Crippen LogP contribution < -0.4 is 16.8 Å². The minimum atomic E-state index is -0.465. The van der Waals surface area contributed by atoms with E-state index < -0.39 is 5.91 Å². The van der Waals surface area contributed by atoms with E-state index in [9.17, 15) is 9.59 Å². The van der Waals surface area contributed by atoms with Crippen molar-refractivity contribution in [1.82, 2.24) is 19.6 Å². The van der Waals surface area contributed by atoms with Gasteiger partial charge in [0.15, 0.2) is 0 Å². The summed E-state index contributed by atoms with van der Waals surface area (Å²) in [6.45, 7) is 1.95. The Morgan fingerprint density at radius 3 is 3.05 bits per heavy atom. The Balaban J connectivity index is 2.03. The number of hydrogen-bond acceptors (Lipinski definition) is 5. The topological polar surface area (TPSA) is 108 Å². The van der Waals surface area contributed by atoms with Gasteiger partial charge in [-0.2, -0.15) is 5.10 Å². The van der Waals surface area contributed by atoms with Crippen LogP contribution in [0.5, 0.6) is 0 Å². The molecule has 0 radical (unpaired) electrons. The standard InChI is InChI=1S/C13H13N5O3/c1-8-6-10-13(20)17(3-4-18(10)16-8)7-11-9(2-5-21-11)12(19)15-14/h2-6H,7,14H2,1H3,(H,15,19). The van der Waals surface area contributed by atoms with E-state index >= 15 is 0 Å². The molecule has 3 rings (SSSR count). The first-order valence-corrected chi connectivity index (χ1v) is 6.23. The summed E-state index contributed by atoms with van der Waals surface area (Å²) in [5.74, 6) is 5.01. The van der Waals surface area contributed by atoms with Crippen LogP contribution in [-0.2, 0) is 6.54 Å². The van der Waals surface area contributed by atoms with Crippen LogP contribution in [0, 0.1) is 6.92 Å². The summed E-state index contributed by atoms with van der Waals surface area (Å²) in [7, 11) is 0. The van der Waals surface area contributed by atoms with Gasteiger partial charge in [0.2, 0.25) is 0 Å². The number of nitrogens with two attached hydrogens (primary N) is 1. The number of nitrogen functional groups attached to an aromatic ring is 1. The Labute approximate surface area is 118 Å². The molecule has 0 unspecified atom stereocenters. The number of amides is 1. The summed E-state index contributed by atoms with van der Waals surface area (Å²) < 4.78 is 8.23. The van der Waals surface area contributed by atoms with Crippen LogP contribution in [0.3, 0.4) is 0 Å². The molecule has 0 aliphatic rings. The molecule has 3 aromatic heterocycles. The Morgan fingerprint density at radius 2 is 2.29 bits per heavy atom. The third kappa shape index (κ3) is 2.21. The number of furan rings is 1. The minimum Gasteiger partial charge on any atom is -0.467 e. The number of aromatic nitrogens is 3. The monoisotopic (exact) mass is 287 g/mol. The quantitative estimate of drug-likeness (QED) is 0.402. The summed E-state index contributed by atoms with van der Waals surface area (Å²) in [5.41, 5.74) is 3.35. The number of fused-ring (bicyclic) bond motifs is 1. The zero-order chi connectivity index (χ0) is 15.0. The fraction of sp³-hybridized carbons (Fsp3) is 0.154. The Kier molecular flexibility index (Phi) is 3.07. The maximum atomic E-state index is 12.4. The van der Waals surface area contributed by atoms with Crippen molar-refractivity contribution in [2.45, 2.75) is 13.5 Å². The van der Waals surface area contributed by atoms with Crippen LogP contribution >= 0.6 is 0 Å². The fourth-order valence-electron chi connectivity index (χ4n) is 2.17. The van der Waals surface area contributed by atoms with Gasteiger partial charge in [0.05, 0.1) is 24.1 Å². The number of carbonyl (C=O) groups is 1. The van der Waals surface area contributed by atoms with Crippen LogP contribution in [0.15, 0.2) is 40.0 Å². The van der Waals surface area contributed by atoms with E-state index in [-0.39, 0.29) is 12.1 Å². The molecule has 0 fully saturated rings. The van der Waals surface area contributed by atoms with Crippen LogP contribution in [0.2, 0.25) is 0 Å². The number of nitrogens with zero attached hydrogens (tertiary/aromatic N) is 3. The normalized spacial score (nSPS) is 11.0. The zero-order valence-electron chi connectivity index (χ0n) is 11.2. The van der Waals surface area contributed by atoms with E-state index in [1.54, 1.807) is 18.5 Å². The summed E-state index contributed by atoms with van der Waals surface area (Å²) in [6, 6.07) is 3.21. The molecule has 0 atom stereocenters. The number of rotatable bonds is 3. The van der Waals surface area contributed by atoms with E-state index in [0.29, 0.717) is 16.8 Å². The van der Waals surface area contributed by atoms with Gasteiger partial charge in [-0.15, -0.1) is 0 Å². The highest BCUT2D eigenvalue weighted by atomic mass is 16.3. The summed E-state index contributed by atoms with van der Waals surface area (Å²) >= 11 is 0. The second-order valence-electron chi connectivity index (χ2n) is 4.58. The molecule has 3 N–H and O–H groups in total. The van der Waals surface area contributed by atoms with Crippen molar-refractivity contribution in [3.8, 4) is 0 Å². The van der Waals surface area contributed by atoms with E-state index in [1.165, 1.54) is 21.4 Å². The number of aryl methyl sites for hydroxylation is 1. The van der Waals surface area contributed by atoms with Gasteiger partial charge in [-0.3, -0.25) is 15.0 Å². The van der Waals surface area contributed by atoms with Crippen molar-refractivity contribution in [1.29, 1.82) is 0 Å². The molecule has 3 heterocycles. The van der Waals surface area contributed by atoms with Crippen LogP contribution in [-0.4, -0.2) is 20.1 Å². The highest BCUT2D eigenvalue weighted by Gasteiger charge is 2.15. The van der Waals surface area contributed by atoms with Gasteiger partial charge in [-0.25, -0.2) is 10.4 Å². The predicted octanol–water partition coefficient (Wildman–Crippen LogP) is 0.0492. The SMILES string of the molecule is Cc1cc2c(=O)n(Cc3occc3C(=O)NN)ccn2n1. The number of hydrazine groups is 1. The Morgan fingerprint density at radius 1 is 1.48 bits per heavy atom. The van der Waals surface area contributed by atoms with Gasteiger partial charge in [-0.05, 0) is 19.1 Å². The van der Waals surface area contributed by atoms with Crippen molar-refractivity contribution in [3.63, 3.8) is 0 Å². The second kappa shape index (κ2) is 4.91. The van der Waals surface area contributed by atoms with E-state index in [2.05, 4.69) is 5.10 Å². The number of carbonyl (C=O) groups excluding carboxylic acids is 1. The average Bonchev–Trinajstić information content (AvgIpc) is 3.07.